The van der Waals surface area contributed by atoms with Gasteiger partial charge in [-0.1, -0.05) is 17.7 Å². The number of hydrogen-bond donors (Lipinski definition) is 2. The zero-order valence-corrected chi connectivity index (χ0v) is 21.1. The van der Waals surface area contributed by atoms with Crippen molar-refractivity contribution in [2.75, 3.05) is 18.0 Å². The van der Waals surface area contributed by atoms with Crippen molar-refractivity contribution < 1.29 is 4.79 Å². The van der Waals surface area contributed by atoms with Crippen LogP contribution in [0.3, 0.4) is 0 Å². The number of aromatic nitrogens is 7. The minimum atomic E-state index is -0.236. The van der Waals surface area contributed by atoms with Crippen molar-refractivity contribution in [2.24, 2.45) is 11.7 Å². The van der Waals surface area contributed by atoms with Gasteiger partial charge in [0.25, 0.3) is 5.91 Å². The summed E-state index contributed by atoms with van der Waals surface area (Å²) < 4.78 is 3.28. The average molecular weight is 519 g/mol. The first-order chi connectivity index (χ1) is 17.9. The summed E-state index contributed by atoms with van der Waals surface area (Å²) in [5.41, 5.74) is 10.4. The van der Waals surface area contributed by atoms with Gasteiger partial charge in [0.15, 0.2) is 0 Å². The fraction of sp³-hybridized carbons (Fsp3) is 0.360. The largest absolute Gasteiger partial charge is 0.356 e. The molecular weight excluding hydrogens is 492 g/mol. The molecule has 1 aliphatic carbocycles. The summed E-state index contributed by atoms with van der Waals surface area (Å²) in [6.45, 7) is 4.72. The smallest absolute Gasteiger partial charge is 0.254 e. The zero-order chi connectivity index (χ0) is 25.6. The summed E-state index contributed by atoms with van der Waals surface area (Å²) in [6, 6.07) is 9.50. The molecule has 6 rings (SSSR count). The van der Waals surface area contributed by atoms with Gasteiger partial charge in [0, 0.05) is 42.1 Å². The number of halogens is 1. The molecule has 1 saturated carbocycles. The van der Waals surface area contributed by atoms with Gasteiger partial charge < -0.3 is 16.0 Å². The second kappa shape index (κ2) is 9.24. The van der Waals surface area contributed by atoms with Crippen LogP contribution in [0.1, 0.15) is 40.0 Å². The van der Waals surface area contributed by atoms with Crippen molar-refractivity contribution in [1.82, 2.24) is 40.3 Å². The van der Waals surface area contributed by atoms with Gasteiger partial charge in [-0.2, -0.15) is 5.10 Å². The lowest BCUT2D eigenvalue weighted by Gasteiger charge is -2.31. The van der Waals surface area contributed by atoms with Crippen LogP contribution in [-0.4, -0.2) is 59.5 Å². The van der Waals surface area contributed by atoms with E-state index in [1.54, 1.807) is 29.2 Å². The van der Waals surface area contributed by atoms with Gasteiger partial charge in [-0.3, -0.25) is 9.48 Å². The van der Waals surface area contributed by atoms with Gasteiger partial charge in [0.1, 0.15) is 12.1 Å². The molecule has 2 aliphatic rings. The lowest BCUT2D eigenvalue weighted by Crippen LogP contribution is -2.42. The number of piperidine rings is 1. The van der Waals surface area contributed by atoms with Crippen molar-refractivity contribution in [3.05, 3.63) is 76.5 Å². The molecule has 1 amide bonds. The van der Waals surface area contributed by atoms with Crippen molar-refractivity contribution in [3.63, 3.8) is 0 Å². The minimum Gasteiger partial charge on any atom is -0.356 e. The SMILES string of the molecule is Cc1nc(N2CC[C@@]3(N)C[C@H]3C2)ccc1Cn1cc(C(=O)NCc2cc(Cl)ccc2-n2cnnn2)cn1. The Labute approximate surface area is 218 Å². The zero-order valence-electron chi connectivity index (χ0n) is 20.4. The first kappa shape index (κ1) is 23.6. The lowest BCUT2D eigenvalue weighted by molar-refractivity contribution is 0.0951. The van der Waals surface area contributed by atoms with E-state index in [0.717, 1.165) is 54.3 Å². The first-order valence-electron chi connectivity index (χ1n) is 12.2. The molecule has 190 valence electrons. The normalized spacial score (nSPS) is 20.5. The van der Waals surface area contributed by atoms with Crippen LogP contribution in [0, 0.1) is 12.8 Å². The van der Waals surface area contributed by atoms with Gasteiger partial charge in [0.2, 0.25) is 0 Å². The standard InChI is InChI=1S/C25H27ClN10O/c1-16-17(2-5-23(31-16)34-7-6-25(27)9-20(25)14-34)12-35-13-19(11-30-35)24(37)28-10-18-8-21(26)3-4-22(18)36-15-29-32-33-36/h2-5,8,11,13,15,20H,6-7,9-10,12,14,27H2,1H3,(H,28,37)/t20-,25+/m0/s1. The molecule has 0 spiro atoms. The van der Waals surface area contributed by atoms with Gasteiger partial charge in [-0.15, -0.1) is 5.10 Å². The number of carbonyl (C=O) groups excluding carboxylic acids is 1. The van der Waals surface area contributed by atoms with Crippen LogP contribution >= 0.6 is 11.6 Å². The van der Waals surface area contributed by atoms with Crippen LogP contribution in [0.25, 0.3) is 5.69 Å². The molecule has 11 nitrogen and oxygen atoms in total. The van der Waals surface area contributed by atoms with E-state index < -0.39 is 0 Å². The molecule has 3 aromatic heterocycles. The van der Waals surface area contributed by atoms with Gasteiger partial charge in [-0.05, 0) is 71.5 Å². The highest BCUT2D eigenvalue weighted by Crippen LogP contribution is 2.47. The Morgan fingerprint density at radius 2 is 2.16 bits per heavy atom. The Balaban J connectivity index is 1.09. The number of rotatable bonds is 7. The predicted octanol–water partition coefficient (Wildman–Crippen LogP) is 2.12. The average Bonchev–Trinajstić information content (AvgIpc) is 3.25. The van der Waals surface area contributed by atoms with Crippen molar-refractivity contribution in [1.29, 1.82) is 0 Å². The third kappa shape index (κ3) is 4.79. The lowest BCUT2D eigenvalue weighted by atomic mass is 10.1. The van der Waals surface area contributed by atoms with E-state index in [4.69, 9.17) is 22.3 Å². The molecular formula is C25H27ClN10O. The number of amides is 1. The Kier molecular flexibility index (Phi) is 5.88. The van der Waals surface area contributed by atoms with Crippen LogP contribution in [0.2, 0.25) is 5.02 Å². The second-order valence-corrected chi connectivity index (χ2v) is 10.3. The fourth-order valence-electron chi connectivity index (χ4n) is 4.99. The molecule has 12 heteroatoms. The van der Waals surface area contributed by atoms with Crippen LogP contribution < -0.4 is 16.0 Å². The second-order valence-electron chi connectivity index (χ2n) is 9.88. The Morgan fingerprint density at radius 3 is 2.95 bits per heavy atom. The minimum absolute atomic E-state index is 0.0702. The number of tetrazole rings is 1. The predicted molar refractivity (Wildman–Crippen MR) is 137 cm³/mol. The van der Waals surface area contributed by atoms with E-state index in [-0.39, 0.29) is 18.0 Å². The molecule has 1 saturated heterocycles. The van der Waals surface area contributed by atoms with E-state index in [0.29, 0.717) is 23.0 Å². The van der Waals surface area contributed by atoms with Crippen molar-refractivity contribution in [3.8, 4) is 5.69 Å². The summed E-state index contributed by atoms with van der Waals surface area (Å²) in [7, 11) is 0. The molecule has 2 atom stereocenters. The topological polar surface area (TPSA) is 133 Å². The fourth-order valence-corrected chi connectivity index (χ4v) is 5.19. The maximum absolute atomic E-state index is 12.8. The molecule has 2 fully saturated rings. The monoisotopic (exact) mass is 518 g/mol. The number of pyridine rings is 1. The van der Waals surface area contributed by atoms with Gasteiger partial charge >= 0.3 is 0 Å². The number of carbonyl (C=O) groups is 1. The third-order valence-electron chi connectivity index (χ3n) is 7.38. The van der Waals surface area contributed by atoms with Crippen LogP contribution in [0.5, 0.6) is 0 Å². The Bertz CT molecular complexity index is 1450. The summed E-state index contributed by atoms with van der Waals surface area (Å²) in [4.78, 5) is 20.0. The number of fused-ring (bicyclic) bond motifs is 1. The number of nitrogens with one attached hydrogen (secondary N) is 1. The highest BCUT2D eigenvalue weighted by Gasteiger charge is 2.53. The summed E-state index contributed by atoms with van der Waals surface area (Å²) in [5, 5.41) is 19.1. The molecule has 1 aliphatic heterocycles. The van der Waals surface area contributed by atoms with E-state index in [2.05, 4.69) is 43.0 Å². The highest BCUT2D eigenvalue weighted by atomic mass is 35.5. The Morgan fingerprint density at radius 1 is 1.27 bits per heavy atom. The molecule has 0 unspecified atom stereocenters. The molecule has 0 radical (unpaired) electrons. The van der Waals surface area contributed by atoms with E-state index >= 15 is 0 Å². The maximum Gasteiger partial charge on any atom is 0.254 e. The van der Waals surface area contributed by atoms with Gasteiger partial charge in [-0.25, -0.2) is 9.67 Å². The van der Waals surface area contributed by atoms with E-state index in [9.17, 15) is 4.79 Å². The molecule has 1 aromatic carbocycles. The number of benzene rings is 1. The summed E-state index contributed by atoms with van der Waals surface area (Å²) >= 11 is 6.17. The number of hydrogen-bond acceptors (Lipinski definition) is 8. The van der Waals surface area contributed by atoms with Crippen molar-refractivity contribution >= 4 is 23.3 Å². The number of nitrogens with zero attached hydrogens (tertiary/aromatic N) is 8. The molecule has 37 heavy (non-hydrogen) atoms. The van der Waals surface area contributed by atoms with Crippen molar-refractivity contribution in [2.45, 2.75) is 38.4 Å². The molecule has 3 N–H and O–H groups in total. The first-order valence-corrected chi connectivity index (χ1v) is 12.6. The highest BCUT2D eigenvalue weighted by molar-refractivity contribution is 6.30. The summed E-state index contributed by atoms with van der Waals surface area (Å²) in [6.07, 6.45) is 6.94. The van der Waals surface area contributed by atoms with Gasteiger partial charge in [0.05, 0.1) is 24.0 Å². The number of aryl methyl sites for hydroxylation is 1. The number of anilines is 1. The van der Waals surface area contributed by atoms with E-state index in [1.165, 1.54) is 11.0 Å². The quantitative estimate of drug-likeness (QED) is 0.380. The Hall–Kier alpha value is -3.83. The number of nitrogens with two attached hydrogens (primary N) is 1. The van der Waals surface area contributed by atoms with Crippen LogP contribution in [0.15, 0.2) is 49.1 Å². The third-order valence-corrected chi connectivity index (χ3v) is 7.61. The molecule has 4 heterocycles. The molecule has 4 aromatic rings. The summed E-state index contributed by atoms with van der Waals surface area (Å²) in [5.74, 6) is 1.35. The van der Waals surface area contributed by atoms with Crippen LogP contribution in [0.4, 0.5) is 5.82 Å². The van der Waals surface area contributed by atoms with Crippen LogP contribution in [-0.2, 0) is 13.1 Å². The molecule has 0 bridgehead atoms. The maximum atomic E-state index is 12.8. The van der Waals surface area contributed by atoms with E-state index in [1.807, 2.05) is 13.0 Å².